The first-order valence-corrected chi connectivity index (χ1v) is 9.38. The second kappa shape index (κ2) is 7.25. The molecule has 3 heterocycles. The van der Waals surface area contributed by atoms with E-state index in [0.717, 1.165) is 21.3 Å². The van der Waals surface area contributed by atoms with Gasteiger partial charge in [0.25, 0.3) is 5.56 Å². The first kappa shape index (κ1) is 19.6. The first-order chi connectivity index (χ1) is 14.3. The Morgan fingerprint density at radius 1 is 1.13 bits per heavy atom. The van der Waals surface area contributed by atoms with Gasteiger partial charge in [0.2, 0.25) is 5.58 Å². The van der Waals surface area contributed by atoms with Crippen molar-refractivity contribution in [2.24, 2.45) is 7.05 Å². The predicted molar refractivity (Wildman–Crippen MR) is 111 cm³/mol. The molecule has 0 bridgehead atoms. The molecule has 0 radical (unpaired) electrons. The number of rotatable bonds is 4. The summed E-state index contributed by atoms with van der Waals surface area (Å²) in [5.41, 5.74) is 2.55. The van der Waals surface area contributed by atoms with Crippen LogP contribution >= 0.6 is 0 Å². The van der Waals surface area contributed by atoms with Gasteiger partial charge >= 0.3 is 5.76 Å². The second-order valence-electron chi connectivity index (χ2n) is 7.20. The summed E-state index contributed by atoms with van der Waals surface area (Å²) >= 11 is 0. The molecule has 0 spiro atoms. The quantitative estimate of drug-likeness (QED) is 0.511. The largest absolute Gasteiger partial charge is 0.493 e. The topological polar surface area (TPSA) is 105 Å². The third-order valence-electron chi connectivity index (χ3n) is 4.92. The SMILES string of the molecule is COc1ccnc2c(=O)n([C@@H](C)c3nc(-c4cc(C)cc(C)c4)n(C)n3)c(=O)oc12. The zero-order valence-corrected chi connectivity index (χ0v) is 17.3. The van der Waals surface area contributed by atoms with Gasteiger partial charge in [0.1, 0.15) is 6.04 Å². The van der Waals surface area contributed by atoms with Crippen molar-refractivity contribution in [3.63, 3.8) is 0 Å². The van der Waals surface area contributed by atoms with E-state index in [2.05, 4.69) is 21.1 Å². The van der Waals surface area contributed by atoms with Crippen LogP contribution in [0.25, 0.3) is 22.5 Å². The maximum absolute atomic E-state index is 13.0. The summed E-state index contributed by atoms with van der Waals surface area (Å²) in [6, 6.07) is 6.87. The Balaban J connectivity index is 1.85. The number of ether oxygens (including phenoxy) is 1. The minimum Gasteiger partial charge on any atom is -0.493 e. The highest BCUT2D eigenvalue weighted by molar-refractivity contribution is 5.77. The predicted octanol–water partition coefficient (Wildman–Crippen LogP) is 2.38. The second-order valence-corrected chi connectivity index (χ2v) is 7.20. The maximum atomic E-state index is 13.0. The van der Waals surface area contributed by atoms with Crippen LogP contribution in [-0.2, 0) is 7.05 Å². The average Bonchev–Trinajstić information content (AvgIpc) is 3.08. The minimum absolute atomic E-state index is 0.00580. The number of methoxy groups -OCH3 is 1. The lowest BCUT2D eigenvalue weighted by atomic mass is 10.1. The average molecular weight is 407 g/mol. The van der Waals surface area contributed by atoms with E-state index in [9.17, 15) is 9.59 Å². The number of aryl methyl sites for hydroxylation is 3. The molecule has 0 N–H and O–H groups in total. The number of hydrogen-bond acceptors (Lipinski definition) is 7. The Kier molecular flexibility index (Phi) is 4.73. The number of aromatic nitrogens is 5. The Hall–Kier alpha value is -3.75. The molecule has 0 aliphatic heterocycles. The lowest BCUT2D eigenvalue weighted by molar-refractivity contribution is 0.388. The van der Waals surface area contributed by atoms with E-state index in [1.807, 2.05) is 26.0 Å². The van der Waals surface area contributed by atoms with Gasteiger partial charge in [-0.25, -0.2) is 24.0 Å². The zero-order valence-electron chi connectivity index (χ0n) is 17.3. The van der Waals surface area contributed by atoms with E-state index in [1.54, 1.807) is 18.7 Å². The number of benzene rings is 1. The molecule has 1 aromatic carbocycles. The summed E-state index contributed by atoms with van der Waals surface area (Å²) in [6.45, 7) is 5.69. The third-order valence-corrected chi connectivity index (χ3v) is 4.92. The molecule has 3 aromatic heterocycles. The third kappa shape index (κ3) is 3.18. The molecule has 1 atom stereocenters. The summed E-state index contributed by atoms with van der Waals surface area (Å²) in [7, 11) is 3.20. The Morgan fingerprint density at radius 2 is 1.83 bits per heavy atom. The molecule has 0 amide bonds. The molecule has 4 aromatic rings. The van der Waals surface area contributed by atoms with Crippen LogP contribution < -0.4 is 16.1 Å². The molecule has 9 nitrogen and oxygen atoms in total. The van der Waals surface area contributed by atoms with Crippen molar-refractivity contribution in [3.05, 3.63) is 68.3 Å². The summed E-state index contributed by atoms with van der Waals surface area (Å²) in [6.07, 6.45) is 1.43. The molecular weight excluding hydrogens is 386 g/mol. The Morgan fingerprint density at radius 3 is 2.50 bits per heavy atom. The standard InChI is InChI=1S/C21H21N5O4/c1-11-8-12(2)10-14(9-11)19-23-18(24-25(19)4)13(3)26-20(27)16-17(30-21(26)28)15(29-5)6-7-22-16/h6-10,13H,1-5H3/t13-/m0/s1. The van der Waals surface area contributed by atoms with E-state index in [-0.39, 0.29) is 16.8 Å². The van der Waals surface area contributed by atoms with Crippen molar-refractivity contribution in [1.82, 2.24) is 24.3 Å². The molecule has 0 aliphatic carbocycles. The van der Waals surface area contributed by atoms with Gasteiger partial charge in [-0.15, -0.1) is 0 Å². The number of hydrogen-bond donors (Lipinski definition) is 0. The fourth-order valence-corrected chi connectivity index (χ4v) is 3.56. The van der Waals surface area contributed by atoms with Crippen LogP contribution in [0.3, 0.4) is 0 Å². The van der Waals surface area contributed by atoms with E-state index in [0.29, 0.717) is 11.6 Å². The van der Waals surface area contributed by atoms with Crippen molar-refractivity contribution in [2.75, 3.05) is 7.11 Å². The van der Waals surface area contributed by atoms with E-state index in [4.69, 9.17) is 9.15 Å². The first-order valence-electron chi connectivity index (χ1n) is 9.38. The van der Waals surface area contributed by atoms with Crippen LogP contribution in [-0.4, -0.2) is 31.4 Å². The van der Waals surface area contributed by atoms with Crippen LogP contribution in [0, 0.1) is 13.8 Å². The van der Waals surface area contributed by atoms with E-state index >= 15 is 0 Å². The fraction of sp³-hybridized carbons (Fsp3) is 0.286. The molecule has 0 saturated carbocycles. The van der Waals surface area contributed by atoms with Crippen LogP contribution in [0.2, 0.25) is 0 Å². The van der Waals surface area contributed by atoms with Gasteiger partial charge in [0.05, 0.1) is 7.11 Å². The lowest BCUT2D eigenvalue weighted by Gasteiger charge is -2.11. The summed E-state index contributed by atoms with van der Waals surface area (Å²) < 4.78 is 13.1. The number of pyridine rings is 1. The van der Waals surface area contributed by atoms with Gasteiger partial charge in [-0.1, -0.05) is 17.2 Å². The fourth-order valence-electron chi connectivity index (χ4n) is 3.56. The van der Waals surface area contributed by atoms with E-state index in [1.165, 1.54) is 19.4 Å². The maximum Gasteiger partial charge on any atom is 0.423 e. The van der Waals surface area contributed by atoms with Gasteiger partial charge in [-0.2, -0.15) is 5.10 Å². The van der Waals surface area contributed by atoms with Gasteiger partial charge in [-0.05, 0) is 32.9 Å². The molecule has 0 aliphatic rings. The minimum atomic E-state index is -0.827. The molecule has 0 unspecified atom stereocenters. The van der Waals surface area contributed by atoms with Crippen LogP contribution in [0.1, 0.15) is 29.9 Å². The summed E-state index contributed by atoms with van der Waals surface area (Å²) in [4.78, 5) is 34.3. The number of nitrogens with zero attached hydrogens (tertiary/aromatic N) is 5. The smallest absolute Gasteiger partial charge is 0.423 e. The summed E-state index contributed by atoms with van der Waals surface area (Å²) in [5, 5.41) is 4.44. The van der Waals surface area contributed by atoms with Crippen molar-refractivity contribution in [2.45, 2.75) is 26.8 Å². The highest BCUT2D eigenvalue weighted by atomic mass is 16.5. The van der Waals surface area contributed by atoms with Crippen LogP contribution in [0.15, 0.2) is 44.5 Å². The molecule has 30 heavy (non-hydrogen) atoms. The molecule has 0 saturated heterocycles. The van der Waals surface area contributed by atoms with Gasteiger partial charge in [0, 0.05) is 24.9 Å². The van der Waals surface area contributed by atoms with Crippen molar-refractivity contribution < 1.29 is 9.15 Å². The monoisotopic (exact) mass is 407 g/mol. The van der Waals surface area contributed by atoms with Gasteiger partial charge in [0.15, 0.2) is 22.9 Å². The number of fused-ring (bicyclic) bond motifs is 1. The van der Waals surface area contributed by atoms with Crippen LogP contribution in [0.5, 0.6) is 5.75 Å². The zero-order chi connectivity index (χ0) is 21.6. The van der Waals surface area contributed by atoms with Crippen molar-refractivity contribution in [3.8, 4) is 17.1 Å². The van der Waals surface area contributed by atoms with E-state index < -0.39 is 17.4 Å². The van der Waals surface area contributed by atoms with Gasteiger partial charge < -0.3 is 9.15 Å². The normalized spacial score (nSPS) is 12.3. The van der Waals surface area contributed by atoms with Crippen molar-refractivity contribution >= 4 is 11.1 Å². The Bertz CT molecular complexity index is 1360. The molecule has 9 heteroatoms. The molecular formula is C21H21N5O4. The molecule has 154 valence electrons. The lowest BCUT2D eigenvalue weighted by Crippen LogP contribution is -2.36. The molecule has 4 rings (SSSR count). The van der Waals surface area contributed by atoms with Crippen molar-refractivity contribution in [1.29, 1.82) is 0 Å². The highest BCUT2D eigenvalue weighted by Crippen LogP contribution is 2.23. The highest BCUT2D eigenvalue weighted by Gasteiger charge is 2.23. The van der Waals surface area contributed by atoms with Crippen LogP contribution in [0.4, 0.5) is 0 Å². The Labute approximate surface area is 171 Å². The van der Waals surface area contributed by atoms with Gasteiger partial charge in [-0.3, -0.25) is 4.79 Å². The summed E-state index contributed by atoms with van der Waals surface area (Å²) in [5.74, 6) is 0.402. The molecule has 0 fully saturated rings.